The Morgan fingerprint density at radius 1 is 1.00 bits per heavy atom. The average molecular weight is 520 g/mol. The maximum absolute atomic E-state index is 14.1. The lowest BCUT2D eigenvalue weighted by Crippen LogP contribution is -2.55. The highest BCUT2D eigenvalue weighted by Crippen LogP contribution is 2.64. The van der Waals surface area contributed by atoms with Crippen molar-refractivity contribution in [2.45, 2.75) is 69.2 Å². The monoisotopic (exact) mass is 519 g/mol. The fourth-order valence-corrected chi connectivity index (χ4v) is 6.85. The van der Waals surface area contributed by atoms with Gasteiger partial charge in [0.15, 0.2) is 0 Å². The fraction of sp³-hybridized carbons (Fsp3) is 0.500. The van der Waals surface area contributed by atoms with Gasteiger partial charge in [-0.15, -0.1) is 0 Å². The molecular weight excluding hydrogens is 482 g/mol. The minimum atomic E-state index is -1.04. The van der Waals surface area contributed by atoms with Crippen LogP contribution in [0.1, 0.15) is 51.0 Å². The van der Waals surface area contributed by atoms with Crippen molar-refractivity contribution < 1.29 is 24.2 Å². The van der Waals surface area contributed by atoms with Crippen LogP contribution >= 0.6 is 0 Å². The Balaban J connectivity index is 1.45. The maximum Gasteiger partial charge on any atom is 0.246 e. The van der Waals surface area contributed by atoms with Crippen LogP contribution in [-0.2, 0) is 25.7 Å². The number of aliphatic hydroxyl groups is 1. The number of fused-ring (bicyclic) bond motifs is 1. The van der Waals surface area contributed by atoms with E-state index >= 15 is 0 Å². The smallest absolute Gasteiger partial charge is 0.246 e. The number of nitrogens with one attached hydrogen (secondary N) is 2. The summed E-state index contributed by atoms with van der Waals surface area (Å²) in [6.45, 7) is 2.81. The van der Waals surface area contributed by atoms with Gasteiger partial charge in [0, 0.05) is 25.4 Å². The average Bonchev–Trinajstić information content (AvgIpc) is 3.54. The molecule has 2 bridgehead atoms. The summed E-state index contributed by atoms with van der Waals surface area (Å²) in [6, 6.07) is 18.1. The van der Waals surface area contributed by atoms with E-state index in [1.54, 1.807) is 4.90 Å². The second kappa shape index (κ2) is 10.9. The van der Waals surface area contributed by atoms with Gasteiger partial charge in [0.05, 0.1) is 17.4 Å². The third-order valence-corrected chi connectivity index (χ3v) is 8.62. The number of aliphatic hydroxyl groups excluding tert-OH is 1. The molecule has 0 saturated carbocycles. The van der Waals surface area contributed by atoms with Crippen molar-refractivity contribution in [3.8, 4) is 0 Å². The normalized spacial score (nSPS) is 29.4. The number of carbonyl (C=O) groups is 3. The summed E-state index contributed by atoms with van der Waals surface area (Å²) in [7, 11) is 0. The van der Waals surface area contributed by atoms with Crippen molar-refractivity contribution in [2.24, 2.45) is 11.8 Å². The number of hydrogen-bond donors (Lipinski definition) is 3. The zero-order valence-electron chi connectivity index (χ0n) is 21.9. The first-order chi connectivity index (χ1) is 18.5. The Morgan fingerprint density at radius 3 is 2.39 bits per heavy atom. The summed E-state index contributed by atoms with van der Waals surface area (Å²) in [4.78, 5) is 43.3. The summed E-state index contributed by atoms with van der Waals surface area (Å²) in [6.07, 6.45) is 3.81. The number of ether oxygens (including phenoxy) is 1. The summed E-state index contributed by atoms with van der Waals surface area (Å²) in [5.74, 6) is -2.06. The summed E-state index contributed by atoms with van der Waals surface area (Å²) >= 11 is 0. The van der Waals surface area contributed by atoms with E-state index in [9.17, 15) is 19.5 Å². The highest BCUT2D eigenvalue weighted by atomic mass is 16.5. The molecule has 1 spiro atoms. The zero-order valence-corrected chi connectivity index (χ0v) is 21.9. The molecule has 0 radical (unpaired) electrons. The van der Waals surface area contributed by atoms with Crippen LogP contribution < -0.4 is 10.6 Å². The molecule has 2 aromatic carbocycles. The summed E-state index contributed by atoms with van der Waals surface area (Å²) in [5.41, 5.74) is -0.177. The maximum atomic E-state index is 14.1. The van der Waals surface area contributed by atoms with E-state index < -0.39 is 29.1 Å². The van der Waals surface area contributed by atoms with Crippen molar-refractivity contribution in [1.29, 1.82) is 0 Å². The number of anilines is 1. The lowest BCUT2D eigenvalue weighted by Gasteiger charge is -2.34. The molecular formula is C30H37N3O5. The Kier molecular flexibility index (Phi) is 7.54. The number of likely N-dealkylation sites (tertiary alicyclic amines) is 1. The van der Waals surface area contributed by atoms with Gasteiger partial charge in [0.2, 0.25) is 17.7 Å². The van der Waals surface area contributed by atoms with Gasteiger partial charge in [-0.3, -0.25) is 14.4 Å². The zero-order chi connectivity index (χ0) is 26.8. The van der Waals surface area contributed by atoms with Crippen molar-refractivity contribution >= 4 is 23.4 Å². The number of unbranched alkanes of at least 4 members (excludes halogenated alkanes) is 2. The van der Waals surface area contributed by atoms with Crippen LogP contribution in [0.4, 0.5) is 5.69 Å². The molecule has 2 aromatic rings. The molecule has 202 valence electrons. The van der Waals surface area contributed by atoms with Crippen molar-refractivity contribution in [3.63, 3.8) is 0 Å². The topological polar surface area (TPSA) is 108 Å². The van der Waals surface area contributed by atoms with Gasteiger partial charge in [-0.25, -0.2) is 0 Å². The Labute approximate surface area is 223 Å². The van der Waals surface area contributed by atoms with Crippen LogP contribution in [0.2, 0.25) is 0 Å². The van der Waals surface area contributed by atoms with Crippen molar-refractivity contribution in [1.82, 2.24) is 10.2 Å². The van der Waals surface area contributed by atoms with Gasteiger partial charge >= 0.3 is 0 Å². The molecule has 3 N–H and O–H groups in total. The molecule has 3 heterocycles. The second-order valence-corrected chi connectivity index (χ2v) is 10.7. The quantitative estimate of drug-likeness (QED) is 0.395. The van der Waals surface area contributed by atoms with Crippen LogP contribution in [0.25, 0.3) is 0 Å². The van der Waals surface area contributed by atoms with E-state index in [-0.39, 0.29) is 24.3 Å². The molecule has 8 nitrogen and oxygen atoms in total. The molecule has 38 heavy (non-hydrogen) atoms. The largest absolute Gasteiger partial charge is 0.396 e. The highest BCUT2D eigenvalue weighted by Gasteiger charge is 2.78. The third-order valence-electron chi connectivity index (χ3n) is 8.62. The summed E-state index contributed by atoms with van der Waals surface area (Å²) in [5, 5.41) is 15.3. The minimum absolute atomic E-state index is 0.0887. The molecule has 5 rings (SSSR count). The van der Waals surface area contributed by atoms with Gasteiger partial charge in [-0.1, -0.05) is 55.5 Å². The third kappa shape index (κ3) is 4.50. The molecule has 3 aliphatic rings. The number of hydrogen-bond acceptors (Lipinski definition) is 5. The fourth-order valence-electron chi connectivity index (χ4n) is 6.85. The molecule has 5 atom stereocenters. The molecule has 8 heteroatoms. The lowest BCUT2D eigenvalue weighted by atomic mass is 9.65. The molecule has 3 saturated heterocycles. The molecule has 2 unspecified atom stereocenters. The molecule has 3 aliphatic heterocycles. The van der Waals surface area contributed by atoms with Gasteiger partial charge in [-0.2, -0.15) is 0 Å². The van der Waals surface area contributed by atoms with E-state index in [4.69, 9.17) is 4.74 Å². The van der Waals surface area contributed by atoms with Crippen LogP contribution in [0, 0.1) is 11.8 Å². The predicted octanol–water partition coefficient (Wildman–Crippen LogP) is 3.26. The number of nitrogens with zero attached hydrogens (tertiary/aromatic N) is 1. The highest BCUT2D eigenvalue weighted by molar-refractivity contribution is 6.02. The van der Waals surface area contributed by atoms with Gasteiger partial charge < -0.3 is 25.4 Å². The van der Waals surface area contributed by atoms with Crippen molar-refractivity contribution in [2.75, 3.05) is 18.5 Å². The van der Waals surface area contributed by atoms with E-state index in [1.165, 1.54) is 0 Å². The Morgan fingerprint density at radius 2 is 1.71 bits per heavy atom. The first-order valence-electron chi connectivity index (χ1n) is 13.7. The van der Waals surface area contributed by atoms with Crippen LogP contribution in [0.5, 0.6) is 0 Å². The van der Waals surface area contributed by atoms with Crippen LogP contribution in [0.3, 0.4) is 0 Å². The van der Waals surface area contributed by atoms with E-state index in [1.807, 2.05) is 67.6 Å². The van der Waals surface area contributed by atoms with Gasteiger partial charge in [0.1, 0.15) is 11.6 Å². The number of rotatable bonds is 11. The number of para-hydroxylation sites is 1. The molecule has 0 aliphatic carbocycles. The number of amides is 3. The first-order valence-corrected chi connectivity index (χ1v) is 13.7. The number of benzene rings is 2. The van der Waals surface area contributed by atoms with Crippen LogP contribution in [0.15, 0.2) is 60.7 Å². The van der Waals surface area contributed by atoms with Crippen molar-refractivity contribution in [3.05, 3.63) is 66.2 Å². The standard InChI is InChI=1S/C30H37N3O5/c1-2-29-16-17-30(38-29)24(23(29)26(35)32-22-14-8-4-9-15-22)28(37)33(18-10-5-11-19-34)25(30)27(36)31-20-21-12-6-3-7-13-21/h3-4,6-9,12-15,23-25,34H,2,5,10-11,16-20H2,1H3,(H,31,36)(H,32,35)/t23-,24+,25?,29+,30?/m1/s1. The predicted molar refractivity (Wildman–Crippen MR) is 143 cm³/mol. The van der Waals surface area contributed by atoms with Gasteiger partial charge in [-0.05, 0) is 56.2 Å². The SMILES string of the molecule is CC[C@@]12CCC3(O1)C(C(=O)NCc1ccccc1)N(CCCCCO)C(=O)[C@@H]3[C@@H]2C(=O)Nc1ccccc1. The molecule has 0 aromatic heterocycles. The summed E-state index contributed by atoms with van der Waals surface area (Å²) < 4.78 is 6.78. The van der Waals surface area contributed by atoms with E-state index in [0.717, 1.165) is 12.0 Å². The second-order valence-electron chi connectivity index (χ2n) is 10.7. The molecule has 3 amide bonds. The van der Waals surface area contributed by atoms with Gasteiger partial charge in [0.25, 0.3) is 0 Å². The first kappa shape index (κ1) is 26.4. The Bertz CT molecular complexity index is 1160. The van der Waals surface area contributed by atoms with E-state index in [2.05, 4.69) is 10.6 Å². The number of carbonyl (C=O) groups excluding carboxylic acids is 3. The molecule has 3 fully saturated rings. The van der Waals surface area contributed by atoms with E-state index in [0.29, 0.717) is 50.9 Å². The van der Waals surface area contributed by atoms with Crippen LogP contribution in [-0.4, -0.2) is 58.1 Å². The Hall–Kier alpha value is -3.23. The minimum Gasteiger partial charge on any atom is -0.396 e. The lowest BCUT2D eigenvalue weighted by molar-refractivity contribution is -0.146.